The summed E-state index contributed by atoms with van der Waals surface area (Å²) in [5, 5.41) is 12.1. The van der Waals surface area contributed by atoms with Crippen LogP contribution in [0.15, 0.2) is 18.3 Å². The molecule has 2 fully saturated rings. The first-order valence-electron chi connectivity index (χ1n) is 11.4. The predicted octanol–water partition coefficient (Wildman–Crippen LogP) is 2.88. The standard InChI is InChI=1S/C23H32N4O4/c1-16-21(23(30)25-18-9-5-11-26(13-18)14-20(28)29)27-12-6-10-19(22(27)24-16)31-15-17-7-3-2-4-8-17/h6,10,12,17-18H,2-5,7-9,11,13-15H2,1H3,(H,25,30)(H,28,29)/t18-/m0/s1. The first-order chi connectivity index (χ1) is 15.0. The first kappa shape index (κ1) is 21.6. The van der Waals surface area contributed by atoms with Crippen LogP contribution in [0.4, 0.5) is 0 Å². The van der Waals surface area contributed by atoms with E-state index in [-0.39, 0.29) is 18.5 Å². The van der Waals surface area contributed by atoms with Crippen molar-refractivity contribution < 1.29 is 19.4 Å². The Morgan fingerprint density at radius 3 is 2.81 bits per heavy atom. The van der Waals surface area contributed by atoms with Crippen molar-refractivity contribution >= 4 is 17.5 Å². The average Bonchev–Trinajstić information content (AvgIpc) is 3.09. The van der Waals surface area contributed by atoms with E-state index in [1.807, 2.05) is 30.2 Å². The monoisotopic (exact) mass is 428 g/mol. The zero-order chi connectivity index (χ0) is 21.8. The highest BCUT2D eigenvalue weighted by molar-refractivity contribution is 5.95. The van der Waals surface area contributed by atoms with Gasteiger partial charge in [-0.3, -0.25) is 18.9 Å². The van der Waals surface area contributed by atoms with Crippen molar-refractivity contribution in [3.63, 3.8) is 0 Å². The molecule has 2 aliphatic rings. The van der Waals surface area contributed by atoms with E-state index in [1.54, 1.807) is 4.40 Å². The minimum Gasteiger partial charge on any atom is -0.489 e. The second kappa shape index (κ2) is 9.68. The van der Waals surface area contributed by atoms with Gasteiger partial charge in [0.1, 0.15) is 5.69 Å². The van der Waals surface area contributed by atoms with Gasteiger partial charge in [-0.05, 0) is 57.2 Å². The minimum absolute atomic E-state index is 0.00268. The number of imidazole rings is 1. The third-order valence-electron chi connectivity index (χ3n) is 6.40. The third-order valence-corrected chi connectivity index (χ3v) is 6.40. The summed E-state index contributed by atoms with van der Waals surface area (Å²) in [7, 11) is 0. The molecule has 0 spiro atoms. The van der Waals surface area contributed by atoms with Gasteiger partial charge in [-0.15, -0.1) is 0 Å². The predicted molar refractivity (Wildman–Crippen MR) is 117 cm³/mol. The molecule has 1 aliphatic carbocycles. The zero-order valence-corrected chi connectivity index (χ0v) is 18.2. The molecule has 2 aromatic rings. The Morgan fingerprint density at radius 1 is 1.23 bits per heavy atom. The van der Waals surface area contributed by atoms with Gasteiger partial charge in [0.2, 0.25) is 0 Å². The van der Waals surface area contributed by atoms with E-state index < -0.39 is 5.97 Å². The number of carbonyl (C=O) groups excluding carboxylic acids is 1. The lowest BCUT2D eigenvalue weighted by Crippen LogP contribution is -2.49. The van der Waals surface area contributed by atoms with Crippen LogP contribution in [0.1, 0.15) is 61.1 Å². The number of amides is 1. The number of aryl methyl sites for hydroxylation is 1. The van der Waals surface area contributed by atoms with E-state index >= 15 is 0 Å². The van der Waals surface area contributed by atoms with E-state index in [1.165, 1.54) is 32.1 Å². The summed E-state index contributed by atoms with van der Waals surface area (Å²) < 4.78 is 7.93. The number of fused-ring (bicyclic) bond motifs is 1. The number of piperidine rings is 1. The molecule has 0 radical (unpaired) electrons. The van der Waals surface area contributed by atoms with Crippen molar-refractivity contribution in [1.29, 1.82) is 0 Å². The number of pyridine rings is 1. The van der Waals surface area contributed by atoms with Gasteiger partial charge in [-0.25, -0.2) is 4.98 Å². The highest BCUT2D eigenvalue weighted by Gasteiger charge is 2.26. The van der Waals surface area contributed by atoms with Gasteiger partial charge in [0.25, 0.3) is 5.91 Å². The number of aromatic nitrogens is 2. The van der Waals surface area contributed by atoms with Crippen molar-refractivity contribution in [3.05, 3.63) is 29.7 Å². The Hall–Kier alpha value is -2.61. The molecule has 1 amide bonds. The van der Waals surface area contributed by atoms with Gasteiger partial charge in [-0.2, -0.15) is 0 Å². The van der Waals surface area contributed by atoms with Crippen molar-refractivity contribution in [3.8, 4) is 5.75 Å². The largest absolute Gasteiger partial charge is 0.489 e. The Labute approximate surface area is 182 Å². The number of carboxylic acid groups (broad SMARTS) is 1. The average molecular weight is 429 g/mol. The quantitative estimate of drug-likeness (QED) is 0.704. The Kier molecular flexibility index (Phi) is 6.75. The van der Waals surface area contributed by atoms with Crippen molar-refractivity contribution in [2.45, 2.75) is 57.9 Å². The molecule has 0 unspecified atom stereocenters. The highest BCUT2D eigenvalue weighted by atomic mass is 16.5. The van der Waals surface area contributed by atoms with Crippen LogP contribution in [0.2, 0.25) is 0 Å². The van der Waals surface area contributed by atoms with Crippen LogP contribution in [-0.4, -0.2) is 63.6 Å². The molecular formula is C23H32N4O4. The molecule has 4 rings (SSSR count). The summed E-state index contributed by atoms with van der Waals surface area (Å²) in [6.45, 7) is 3.82. The second-order valence-corrected chi connectivity index (χ2v) is 8.87. The van der Waals surface area contributed by atoms with Crippen LogP contribution in [0.3, 0.4) is 0 Å². The molecule has 1 atom stereocenters. The smallest absolute Gasteiger partial charge is 0.317 e. The van der Waals surface area contributed by atoms with Gasteiger partial charge in [0, 0.05) is 18.8 Å². The number of aliphatic carboxylic acids is 1. The summed E-state index contributed by atoms with van der Waals surface area (Å²) in [6, 6.07) is 3.73. The summed E-state index contributed by atoms with van der Waals surface area (Å²) in [6.07, 6.45) is 9.84. The highest BCUT2D eigenvalue weighted by Crippen LogP contribution is 2.27. The summed E-state index contributed by atoms with van der Waals surface area (Å²) in [4.78, 5) is 30.6. The molecule has 0 bridgehead atoms. The van der Waals surface area contributed by atoms with E-state index in [4.69, 9.17) is 9.84 Å². The third kappa shape index (κ3) is 5.18. The lowest BCUT2D eigenvalue weighted by Gasteiger charge is -2.31. The Balaban J connectivity index is 1.46. The fraction of sp³-hybridized carbons (Fsp3) is 0.609. The maximum atomic E-state index is 13.1. The van der Waals surface area contributed by atoms with Gasteiger partial charge in [0.15, 0.2) is 11.4 Å². The van der Waals surface area contributed by atoms with E-state index in [9.17, 15) is 9.59 Å². The summed E-state index contributed by atoms with van der Waals surface area (Å²) >= 11 is 0. The van der Waals surface area contributed by atoms with Gasteiger partial charge in [-0.1, -0.05) is 19.3 Å². The maximum Gasteiger partial charge on any atom is 0.317 e. The molecule has 31 heavy (non-hydrogen) atoms. The van der Waals surface area contributed by atoms with Crippen LogP contribution in [0.5, 0.6) is 5.75 Å². The molecule has 2 aromatic heterocycles. The normalized spacial score (nSPS) is 20.6. The Morgan fingerprint density at radius 2 is 2.03 bits per heavy atom. The lowest BCUT2D eigenvalue weighted by atomic mass is 9.90. The topological polar surface area (TPSA) is 96.2 Å². The van der Waals surface area contributed by atoms with E-state index in [0.717, 1.165) is 19.4 Å². The molecule has 1 aliphatic heterocycles. The second-order valence-electron chi connectivity index (χ2n) is 8.87. The van der Waals surface area contributed by atoms with Gasteiger partial charge < -0.3 is 15.2 Å². The zero-order valence-electron chi connectivity index (χ0n) is 18.2. The van der Waals surface area contributed by atoms with E-state index in [2.05, 4.69) is 10.3 Å². The van der Waals surface area contributed by atoms with Crippen molar-refractivity contribution in [2.24, 2.45) is 5.92 Å². The summed E-state index contributed by atoms with van der Waals surface area (Å²) in [5.74, 6) is 0.273. The van der Waals surface area contributed by atoms with Crippen molar-refractivity contribution in [1.82, 2.24) is 19.6 Å². The number of rotatable bonds is 7. The van der Waals surface area contributed by atoms with Gasteiger partial charge in [0.05, 0.1) is 18.8 Å². The molecule has 3 heterocycles. The number of ether oxygens (including phenoxy) is 1. The van der Waals surface area contributed by atoms with E-state index in [0.29, 0.717) is 41.9 Å². The summed E-state index contributed by atoms with van der Waals surface area (Å²) in [5.41, 5.74) is 1.83. The number of carbonyl (C=O) groups is 2. The van der Waals surface area contributed by atoms with Crippen LogP contribution < -0.4 is 10.1 Å². The number of hydrogen-bond donors (Lipinski definition) is 2. The molecule has 168 valence electrons. The minimum atomic E-state index is -0.842. The molecule has 2 N–H and O–H groups in total. The molecule has 8 heteroatoms. The fourth-order valence-electron chi connectivity index (χ4n) is 4.87. The fourth-order valence-corrected chi connectivity index (χ4v) is 4.87. The van der Waals surface area contributed by atoms with Crippen LogP contribution in [-0.2, 0) is 4.79 Å². The maximum absolute atomic E-state index is 13.1. The number of carboxylic acids is 1. The van der Waals surface area contributed by atoms with Crippen LogP contribution >= 0.6 is 0 Å². The van der Waals surface area contributed by atoms with Gasteiger partial charge >= 0.3 is 5.97 Å². The van der Waals surface area contributed by atoms with Crippen molar-refractivity contribution in [2.75, 3.05) is 26.2 Å². The van der Waals surface area contributed by atoms with Crippen LogP contribution in [0.25, 0.3) is 5.65 Å². The molecular weight excluding hydrogens is 396 g/mol. The number of hydrogen-bond acceptors (Lipinski definition) is 5. The molecule has 0 aromatic carbocycles. The Bertz CT molecular complexity index is 935. The molecule has 1 saturated carbocycles. The first-order valence-corrected chi connectivity index (χ1v) is 11.4. The van der Waals surface area contributed by atoms with Crippen LogP contribution in [0, 0.1) is 12.8 Å². The molecule has 8 nitrogen and oxygen atoms in total. The SMILES string of the molecule is Cc1nc2c(OCC3CCCCC3)cccn2c1C(=O)N[C@H]1CCCN(CC(=O)O)C1. The number of nitrogens with one attached hydrogen (secondary N) is 1. The number of likely N-dealkylation sites (tertiary alicyclic amines) is 1. The number of nitrogens with zero attached hydrogens (tertiary/aromatic N) is 3. The molecule has 1 saturated heterocycles. The lowest BCUT2D eigenvalue weighted by molar-refractivity contribution is -0.138.